The van der Waals surface area contributed by atoms with Crippen molar-refractivity contribution < 1.29 is 28.7 Å². The Bertz CT molecular complexity index is 783. The van der Waals surface area contributed by atoms with Gasteiger partial charge in [-0.3, -0.25) is 4.79 Å². The molecule has 6 nitrogen and oxygen atoms in total. The fourth-order valence-electron chi connectivity index (χ4n) is 3.10. The van der Waals surface area contributed by atoms with E-state index in [0.717, 1.165) is 5.56 Å². The van der Waals surface area contributed by atoms with Gasteiger partial charge in [0, 0.05) is 17.5 Å². The summed E-state index contributed by atoms with van der Waals surface area (Å²) in [7, 11) is -0.698. The van der Waals surface area contributed by atoms with E-state index < -0.39 is 18.3 Å². The van der Waals surface area contributed by atoms with Crippen molar-refractivity contribution in [1.29, 1.82) is 0 Å². The van der Waals surface area contributed by atoms with Crippen LogP contribution in [-0.4, -0.2) is 42.1 Å². The van der Waals surface area contributed by atoms with E-state index in [1.165, 1.54) is 0 Å². The third-order valence-corrected chi connectivity index (χ3v) is 5.48. The molecule has 1 aliphatic heterocycles. The zero-order chi connectivity index (χ0) is 22.5. The van der Waals surface area contributed by atoms with Gasteiger partial charge in [0.1, 0.15) is 11.9 Å². The van der Waals surface area contributed by atoms with Crippen LogP contribution in [0.25, 0.3) is 0 Å². The van der Waals surface area contributed by atoms with Crippen molar-refractivity contribution in [3.05, 3.63) is 53.7 Å². The second-order valence-electron chi connectivity index (χ2n) is 8.42. The third-order valence-electron chi connectivity index (χ3n) is 5.48. The second-order valence-corrected chi connectivity index (χ2v) is 8.42. The fraction of sp³-hybridized carbons (Fsp3) is 0.522. The molecule has 2 rings (SSSR count). The third kappa shape index (κ3) is 5.67. The normalized spacial score (nSPS) is 19.1. The number of allylic oxidation sites excluding steroid dienone is 2. The molecule has 0 radical (unpaired) electrons. The molecule has 0 spiro atoms. The number of ether oxygens (including phenoxy) is 2. The van der Waals surface area contributed by atoms with Crippen molar-refractivity contribution in [3.63, 3.8) is 0 Å². The van der Waals surface area contributed by atoms with Crippen molar-refractivity contribution in [2.45, 2.75) is 71.7 Å². The first-order chi connectivity index (χ1) is 14.0. The molecule has 1 atom stereocenters. The highest BCUT2D eigenvalue weighted by molar-refractivity contribution is 6.55. The van der Waals surface area contributed by atoms with Crippen molar-refractivity contribution in [2.75, 3.05) is 6.61 Å². The number of carbonyl (C=O) groups is 1. The van der Waals surface area contributed by atoms with Gasteiger partial charge in [-0.25, -0.2) is 0 Å². The van der Waals surface area contributed by atoms with E-state index in [9.17, 15) is 9.90 Å². The Morgan fingerprint density at radius 3 is 2.40 bits per heavy atom. The summed E-state index contributed by atoms with van der Waals surface area (Å²) in [4.78, 5) is 11.8. The summed E-state index contributed by atoms with van der Waals surface area (Å²) in [5.74, 6) is 0.374. The Balaban J connectivity index is 2.11. The van der Waals surface area contributed by atoms with Crippen LogP contribution < -0.4 is 4.74 Å². The molecule has 1 heterocycles. The summed E-state index contributed by atoms with van der Waals surface area (Å²) in [6.45, 7) is 15.6. The molecule has 0 saturated carbocycles. The molecule has 1 aliphatic rings. The zero-order valence-electron chi connectivity index (χ0n) is 18.9. The van der Waals surface area contributed by atoms with E-state index in [4.69, 9.17) is 18.8 Å². The molecule has 1 saturated heterocycles. The number of hydrogen-bond acceptors (Lipinski definition) is 6. The Morgan fingerprint density at radius 1 is 1.23 bits per heavy atom. The second kappa shape index (κ2) is 9.71. The van der Waals surface area contributed by atoms with Crippen LogP contribution in [-0.2, 0) is 25.3 Å². The molecule has 1 N–H and O–H groups in total. The van der Waals surface area contributed by atoms with Crippen LogP contribution in [0.15, 0.2) is 48.2 Å². The Labute approximate surface area is 180 Å². The number of benzene rings is 1. The van der Waals surface area contributed by atoms with Gasteiger partial charge in [0.25, 0.3) is 0 Å². The zero-order valence-corrected chi connectivity index (χ0v) is 18.9. The van der Waals surface area contributed by atoms with Crippen LogP contribution in [0.3, 0.4) is 0 Å². The van der Waals surface area contributed by atoms with Gasteiger partial charge in [-0.05, 0) is 47.6 Å². The Morgan fingerprint density at radius 2 is 1.83 bits per heavy atom. The minimum absolute atomic E-state index is 0.0962. The number of esters is 1. The van der Waals surface area contributed by atoms with Gasteiger partial charge in [-0.1, -0.05) is 30.9 Å². The molecule has 1 aromatic rings. The predicted molar refractivity (Wildman–Crippen MR) is 117 cm³/mol. The van der Waals surface area contributed by atoms with Gasteiger partial charge < -0.3 is 23.9 Å². The highest BCUT2D eigenvalue weighted by atomic mass is 16.7. The average molecular weight is 416 g/mol. The maximum absolute atomic E-state index is 11.8. The minimum atomic E-state index is -0.698. The lowest BCUT2D eigenvalue weighted by molar-refractivity contribution is -0.142. The van der Waals surface area contributed by atoms with Crippen LogP contribution in [0.5, 0.6) is 5.75 Å². The van der Waals surface area contributed by atoms with E-state index in [2.05, 4.69) is 6.58 Å². The first-order valence-corrected chi connectivity index (χ1v) is 10.3. The standard InChI is InChI=1S/C23H33BO6/c1-8-18(24-29-22(4,5)23(6,7)30-24)19(25)14-16(3)28-20-13-11-10-12-17(20)15-21(26)27-9-2/h8,10-13,16,25H,1,9,14-15H2,2-7H3/b19-18-. The summed E-state index contributed by atoms with van der Waals surface area (Å²) in [5, 5.41) is 10.7. The average Bonchev–Trinajstić information content (AvgIpc) is 2.84. The van der Waals surface area contributed by atoms with E-state index in [1.807, 2.05) is 52.8 Å². The number of para-hydroxylation sites is 1. The lowest BCUT2D eigenvalue weighted by Crippen LogP contribution is -2.41. The molecule has 1 aromatic carbocycles. The van der Waals surface area contributed by atoms with E-state index in [1.54, 1.807) is 19.1 Å². The summed E-state index contributed by atoms with van der Waals surface area (Å²) in [6, 6.07) is 7.31. The number of aliphatic hydroxyl groups excluding tert-OH is 1. The van der Waals surface area contributed by atoms with Gasteiger partial charge >= 0.3 is 13.1 Å². The highest BCUT2D eigenvalue weighted by Crippen LogP contribution is 2.39. The maximum atomic E-state index is 11.8. The highest BCUT2D eigenvalue weighted by Gasteiger charge is 2.52. The predicted octanol–water partition coefficient (Wildman–Crippen LogP) is 4.58. The molecular formula is C23H33BO6. The SMILES string of the molecule is C=C/C(B1OC(C)(C)C(C)(C)O1)=C(/O)CC(C)Oc1ccccc1CC(=O)OCC. The van der Waals surface area contributed by atoms with Crippen LogP contribution >= 0.6 is 0 Å². The van der Waals surface area contributed by atoms with Crippen molar-refractivity contribution in [3.8, 4) is 5.75 Å². The molecule has 0 aromatic heterocycles. The van der Waals surface area contributed by atoms with Gasteiger partial charge in [0.15, 0.2) is 0 Å². The first-order valence-electron chi connectivity index (χ1n) is 10.3. The van der Waals surface area contributed by atoms with Crippen LogP contribution in [0, 0.1) is 0 Å². The van der Waals surface area contributed by atoms with Crippen LogP contribution in [0.1, 0.15) is 53.5 Å². The van der Waals surface area contributed by atoms with Gasteiger partial charge in [0.05, 0.1) is 30.0 Å². The lowest BCUT2D eigenvalue weighted by atomic mass is 9.76. The molecule has 0 aliphatic carbocycles. The van der Waals surface area contributed by atoms with Gasteiger partial charge in [-0.15, -0.1) is 0 Å². The van der Waals surface area contributed by atoms with Crippen LogP contribution in [0.2, 0.25) is 0 Å². The molecule has 0 amide bonds. The Hall–Kier alpha value is -2.25. The topological polar surface area (TPSA) is 74.2 Å². The monoisotopic (exact) mass is 416 g/mol. The van der Waals surface area contributed by atoms with E-state index in [0.29, 0.717) is 17.8 Å². The molecule has 1 unspecified atom stereocenters. The van der Waals surface area contributed by atoms with E-state index >= 15 is 0 Å². The largest absolute Gasteiger partial charge is 0.513 e. The van der Waals surface area contributed by atoms with Gasteiger partial charge in [0.2, 0.25) is 0 Å². The quantitative estimate of drug-likeness (QED) is 0.275. The molecule has 30 heavy (non-hydrogen) atoms. The van der Waals surface area contributed by atoms with Crippen molar-refractivity contribution in [1.82, 2.24) is 0 Å². The number of hydrogen-bond donors (Lipinski definition) is 1. The fourth-order valence-corrected chi connectivity index (χ4v) is 3.10. The summed E-state index contributed by atoms with van der Waals surface area (Å²) >= 11 is 0. The van der Waals surface area contributed by atoms with E-state index in [-0.39, 0.29) is 30.7 Å². The summed E-state index contributed by atoms with van der Waals surface area (Å²) < 4.78 is 23.1. The summed E-state index contributed by atoms with van der Waals surface area (Å²) in [6.07, 6.45) is 1.56. The summed E-state index contributed by atoms with van der Waals surface area (Å²) in [5.41, 5.74) is 0.200. The molecular weight excluding hydrogens is 383 g/mol. The van der Waals surface area contributed by atoms with Crippen molar-refractivity contribution in [2.24, 2.45) is 0 Å². The molecule has 1 fully saturated rings. The number of carbonyl (C=O) groups excluding carboxylic acids is 1. The first kappa shape index (κ1) is 24.0. The lowest BCUT2D eigenvalue weighted by Gasteiger charge is -2.32. The molecule has 0 bridgehead atoms. The molecule has 164 valence electrons. The Kier molecular flexibility index (Phi) is 7.78. The minimum Gasteiger partial charge on any atom is -0.513 e. The van der Waals surface area contributed by atoms with Crippen molar-refractivity contribution >= 4 is 13.1 Å². The van der Waals surface area contributed by atoms with Gasteiger partial charge in [-0.2, -0.15) is 0 Å². The maximum Gasteiger partial charge on any atom is 0.498 e. The molecule has 7 heteroatoms. The number of aliphatic hydroxyl groups is 1. The smallest absolute Gasteiger partial charge is 0.498 e. The van der Waals surface area contributed by atoms with Crippen LogP contribution in [0.4, 0.5) is 0 Å². The number of rotatable bonds is 9.